The highest BCUT2D eigenvalue weighted by molar-refractivity contribution is 9.10. The van der Waals surface area contributed by atoms with Crippen LogP contribution < -0.4 is 10.9 Å². The van der Waals surface area contributed by atoms with E-state index in [1.807, 2.05) is 20.8 Å². The topological polar surface area (TPSA) is 46.9 Å². The Bertz CT molecular complexity index is 461. The zero-order valence-electron chi connectivity index (χ0n) is 10.5. The van der Waals surface area contributed by atoms with Gasteiger partial charge < -0.3 is 5.32 Å². The lowest BCUT2D eigenvalue weighted by atomic mass is 10.3. The van der Waals surface area contributed by atoms with Crippen molar-refractivity contribution in [2.45, 2.75) is 33.7 Å². The van der Waals surface area contributed by atoms with Crippen molar-refractivity contribution in [1.82, 2.24) is 9.78 Å². The van der Waals surface area contributed by atoms with Crippen LogP contribution in [0.15, 0.2) is 27.1 Å². The quantitative estimate of drug-likeness (QED) is 0.851. The normalized spacial score (nSPS) is 10.1. The highest BCUT2D eigenvalue weighted by Crippen LogP contribution is 2.15. The molecule has 0 unspecified atom stereocenters. The summed E-state index contributed by atoms with van der Waals surface area (Å²) < 4.78 is 2.01. The number of hydrogen-bond acceptors (Lipinski definition) is 3. The first-order valence-electron chi connectivity index (χ1n) is 5.69. The van der Waals surface area contributed by atoms with Crippen molar-refractivity contribution >= 4 is 21.6 Å². The van der Waals surface area contributed by atoms with Gasteiger partial charge in [0.2, 0.25) is 0 Å². The molecule has 0 amide bonds. The van der Waals surface area contributed by atoms with Gasteiger partial charge in [0.15, 0.2) is 0 Å². The maximum atomic E-state index is 11.9. The molecule has 0 aliphatic rings. The SMILES string of the molecule is CCCn1ncc(NCC=C(C)C)c(Br)c1=O. The second-order valence-corrected chi connectivity index (χ2v) is 4.86. The van der Waals surface area contributed by atoms with Crippen LogP contribution in [0, 0.1) is 0 Å². The summed E-state index contributed by atoms with van der Waals surface area (Å²) >= 11 is 3.31. The lowest BCUT2D eigenvalue weighted by Gasteiger charge is -2.08. The van der Waals surface area contributed by atoms with E-state index in [0.29, 0.717) is 17.6 Å². The molecule has 5 heteroatoms. The molecule has 0 aliphatic heterocycles. The van der Waals surface area contributed by atoms with Gasteiger partial charge in [0.25, 0.3) is 5.56 Å². The van der Waals surface area contributed by atoms with Gasteiger partial charge in [-0.25, -0.2) is 4.68 Å². The van der Waals surface area contributed by atoms with Crippen LogP contribution in [0.2, 0.25) is 0 Å². The zero-order chi connectivity index (χ0) is 12.8. The Labute approximate surface area is 110 Å². The van der Waals surface area contributed by atoms with Crippen molar-refractivity contribution in [1.29, 1.82) is 0 Å². The monoisotopic (exact) mass is 299 g/mol. The minimum absolute atomic E-state index is 0.0888. The van der Waals surface area contributed by atoms with Gasteiger partial charge in [-0.15, -0.1) is 0 Å². The van der Waals surface area contributed by atoms with Gasteiger partial charge in [-0.05, 0) is 36.2 Å². The lowest BCUT2D eigenvalue weighted by Crippen LogP contribution is -2.24. The van der Waals surface area contributed by atoms with Gasteiger partial charge in [-0.3, -0.25) is 4.79 Å². The Morgan fingerprint density at radius 2 is 2.29 bits per heavy atom. The van der Waals surface area contributed by atoms with Crippen molar-refractivity contribution in [2.75, 3.05) is 11.9 Å². The molecule has 0 saturated heterocycles. The summed E-state index contributed by atoms with van der Waals surface area (Å²) in [6.07, 6.45) is 4.63. The lowest BCUT2D eigenvalue weighted by molar-refractivity contribution is 0.566. The molecule has 0 spiro atoms. The van der Waals surface area contributed by atoms with Gasteiger partial charge in [0.1, 0.15) is 4.47 Å². The Morgan fingerprint density at radius 3 is 2.88 bits per heavy atom. The smallest absolute Gasteiger partial charge is 0.283 e. The van der Waals surface area contributed by atoms with E-state index in [2.05, 4.69) is 32.4 Å². The average molecular weight is 300 g/mol. The Morgan fingerprint density at radius 1 is 1.59 bits per heavy atom. The third-order valence-corrected chi connectivity index (χ3v) is 2.99. The average Bonchev–Trinajstić information content (AvgIpc) is 2.28. The van der Waals surface area contributed by atoms with Crippen molar-refractivity contribution in [3.05, 3.63) is 32.7 Å². The van der Waals surface area contributed by atoms with E-state index < -0.39 is 0 Å². The van der Waals surface area contributed by atoms with Crippen LogP contribution in [0.1, 0.15) is 27.2 Å². The van der Waals surface area contributed by atoms with Gasteiger partial charge in [-0.1, -0.05) is 18.6 Å². The molecule has 1 aromatic rings. The minimum atomic E-state index is -0.0888. The van der Waals surface area contributed by atoms with E-state index in [9.17, 15) is 4.79 Å². The van der Waals surface area contributed by atoms with Crippen molar-refractivity contribution in [3.8, 4) is 0 Å². The van der Waals surface area contributed by atoms with Gasteiger partial charge in [0.05, 0.1) is 11.9 Å². The predicted octanol–water partition coefficient (Wildman–Crippen LogP) is 2.79. The third-order valence-electron chi connectivity index (χ3n) is 2.22. The Balaban J connectivity index is 2.85. The van der Waals surface area contributed by atoms with Gasteiger partial charge in [0, 0.05) is 13.1 Å². The molecule has 1 aromatic heterocycles. The first kappa shape index (κ1) is 14.0. The first-order chi connectivity index (χ1) is 8.06. The van der Waals surface area contributed by atoms with Crippen molar-refractivity contribution in [3.63, 3.8) is 0 Å². The van der Waals surface area contributed by atoms with Crippen LogP contribution in [-0.2, 0) is 6.54 Å². The van der Waals surface area contributed by atoms with Gasteiger partial charge in [-0.2, -0.15) is 5.10 Å². The summed E-state index contributed by atoms with van der Waals surface area (Å²) in [5.41, 5.74) is 1.88. The van der Waals surface area contributed by atoms with Crippen LogP contribution in [0.25, 0.3) is 0 Å². The second kappa shape index (κ2) is 6.59. The fourth-order valence-corrected chi connectivity index (χ4v) is 1.77. The van der Waals surface area contributed by atoms with Crippen LogP contribution in [0.4, 0.5) is 5.69 Å². The second-order valence-electron chi connectivity index (χ2n) is 4.06. The van der Waals surface area contributed by atoms with E-state index in [-0.39, 0.29) is 5.56 Å². The van der Waals surface area contributed by atoms with Crippen molar-refractivity contribution in [2.24, 2.45) is 0 Å². The fourth-order valence-electron chi connectivity index (χ4n) is 1.32. The number of nitrogens with zero attached hydrogens (tertiary/aromatic N) is 2. The van der Waals surface area contributed by atoms with E-state index >= 15 is 0 Å². The summed E-state index contributed by atoms with van der Waals surface area (Å²) in [5.74, 6) is 0. The molecular weight excluding hydrogens is 282 g/mol. The summed E-state index contributed by atoms with van der Waals surface area (Å²) in [6, 6.07) is 0. The molecule has 0 bridgehead atoms. The number of anilines is 1. The summed E-state index contributed by atoms with van der Waals surface area (Å²) in [5, 5.41) is 7.27. The van der Waals surface area contributed by atoms with Crippen molar-refractivity contribution < 1.29 is 0 Å². The molecule has 0 aliphatic carbocycles. The number of allylic oxidation sites excluding steroid dienone is 1. The van der Waals surface area contributed by atoms with Crippen LogP contribution >= 0.6 is 15.9 Å². The maximum Gasteiger partial charge on any atom is 0.283 e. The Hall–Kier alpha value is -1.10. The molecule has 0 aromatic carbocycles. The standard InChI is InChI=1S/C12H18BrN3O/c1-4-7-16-12(17)11(13)10(8-15-16)14-6-5-9(2)3/h5,8,14H,4,6-7H2,1-3H3. The fraction of sp³-hybridized carbons (Fsp3) is 0.500. The molecule has 17 heavy (non-hydrogen) atoms. The molecular formula is C12H18BrN3O. The number of aryl methyl sites for hydroxylation is 1. The molecule has 1 heterocycles. The maximum absolute atomic E-state index is 11.9. The molecule has 1 rings (SSSR count). The number of rotatable bonds is 5. The number of nitrogens with one attached hydrogen (secondary N) is 1. The summed E-state index contributed by atoms with van der Waals surface area (Å²) in [6.45, 7) is 7.43. The summed E-state index contributed by atoms with van der Waals surface area (Å²) in [7, 11) is 0. The van der Waals surface area contributed by atoms with E-state index in [0.717, 1.165) is 12.1 Å². The highest BCUT2D eigenvalue weighted by atomic mass is 79.9. The third kappa shape index (κ3) is 4.00. The molecule has 94 valence electrons. The molecule has 4 nitrogen and oxygen atoms in total. The largest absolute Gasteiger partial charge is 0.379 e. The molecule has 0 radical (unpaired) electrons. The van der Waals surface area contributed by atoms with Gasteiger partial charge >= 0.3 is 0 Å². The summed E-state index contributed by atoms with van der Waals surface area (Å²) in [4.78, 5) is 11.9. The van der Waals surface area contributed by atoms with E-state index in [1.54, 1.807) is 6.20 Å². The zero-order valence-corrected chi connectivity index (χ0v) is 12.0. The van der Waals surface area contributed by atoms with Crippen LogP contribution in [-0.4, -0.2) is 16.3 Å². The predicted molar refractivity (Wildman–Crippen MR) is 74.4 cm³/mol. The molecule has 0 atom stereocenters. The van der Waals surface area contributed by atoms with Crippen LogP contribution in [0.3, 0.4) is 0 Å². The van der Waals surface area contributed by atoms with E-state index in [1.165, 1.54) is 10.3 Å². The highest BCUT2D eigenvalue weighted by Gasteiger charge is 2.07. The first-order valence-corrected chi connectivity index (χ1v) is 6.48. The molecule has 1 N–H and O–H groups in total. The minimum Gasteiger partial charge on any atom is -0.379 e. The van der Waals surface area contributed by atoms with Crippen LogP contribution in [0.5, 0.6) is 0 Å². The molecule has 0 saturated carbocycles. The Kier molecular flexibility index (Phi) is 5.41. The van der Waals surface area contributed by atoms with E-state index in [4.69, 9.17) is 0 Å². The number of halogens is 1. The number of aromatic nitrogens is 2. The number of hydrogen-bond donors (Lipinski definition) is 1. The molecule has 0 fully saturated rings.